The van der Waals surface area contributed by atoms with Crippen LogP contribution in [0.2, 0.25) is 0 Å². The van der Waals surface area contributed by atoms with Gasteiger partial charge in [-0.1, -0.05) is 35.4 Å². The number of nitrogens with one attached hydrogen (secondary N) is 5. The number of hydrogen-bond donors (Lipinski definition) is 5. The van der Waals surface area contributed by atoms with Gasteiger partial charge in [0.15, 0.2) is 6.29 Å². The highest BCUT2D eigenvalue weighted by atomic mass is 16.2. The summed E-state index contributed by atoms with van der Waals surface area (Å²) < 4.78 is 0. The van der Waals surface area contributed by atoms with Gasteiger partial charge in [0.05, 0.1) is 18.0 Å². The van der Waals surface area contributed by atoms with Gasteiger partial charge >= 0.3 is 0 Å². The van der Waals surface area contributed by atoms with Crippen LogP contribution in [0, 0.1) is 32.6 Å². The Bertz CT molecular complexity index is 1020. The first-order valence-electron chi connectivity index (χ1n) is 10.4. The zero-order valence-corrected chi connectivity index (χ0v) is 17.8. The number of piperidine rings is 1. The zero-order valence-electron chi connectivity index (χ0n) is 17.8. The fourth-order valence-corrected chi connectivity index (χ4v) is 4.15. The second kappa shape index (κ2) is 8.39. The Morgan fingerprint density at radius 3 is 2.39 bits per heavy atom. The predicted molar refractivity (Wildman–Crippen MR) is 118 cm³/mol. The fraction of sp³-hybridized carbons (Fsp3) is 0.348. The van der Waals surface area contributed by atoms with Crippen molar-refractivity contribution in [1.82, 2.24) is 16.0 Å². The van der Waals surface area contributed by atoms with Gasteiger partial charge in [-0.05, 0) is 44.5 Å². The Hall–Kier alpha value is -3.39. The number of carbonyl (C=O) groups is 3. The summed E-state index contributed by atoms with van der Waals surface area (Å²) >= 11 is 0. The molecule has 2 aromatic carbocycles. The van der Waals surface area contributed by atoms with Gasteiger partial charge in [0.1, 0.15) is 0 Å². The van der Waals surface area contributed by atoms with Gasteiger partial charge in [-0.15, -0.1) is 0 Å². The maximum absolute atomic E-state index is 13.0. The number of benzene rings is 2. The van der Waals surface area contributed by atoms with E-state index in [0.717, 1.165) is 22.4 Å². The Morgan fingerprint density at radius 1 is 0.968 bits per heavy atom. The normalized spacial score (nSPS) is 25.1. The largest absolute Gasteiger partial charge is 0.353 e. The third-order valence-corrected chi connectivity index (χ3v) is 5.79. The first-order valence-corrected chi connectivity index (χ1v) is 10.4. The maximum Gasteiger partial charge on any atom is 0.229 e. The summed E-state index contributed by atoms with van der Waals surface area (Å²) in [6.07, 6.45) is -1.26. The van der Waals surface area contributed by atoms with Gasteiger partial charge in [-0.3, -0.25) is 19.7 Å². The van der Waals surface area contributed by atoms with Gasteiger partial charge in [0.25, 0.3) is 0 Å². The molecule has 8 heteroatoms. The first-order chi connectivity index (χ1) is 14.8. The molecule has 0 spiro atoms. The van der Waals surface area contributed by atoms with Crippen molar-refractivity contribution < 1.29 is 14.4 Å². The van der Waals surface area contributed by atoms with E-state index in [4.69, 9.17) is 0 Å². The molecular weight excluding hydrogens is 394 g/mol. The van der Waals surface area contributed by atoms with E-state index < -0.39 is 24.3 Å². The van der Waals surface area contributed by atoms with Crippen LogP contribution in [-0.2, 0) is 14.4 Å². The number of anilines is 2. The monoisotopic (exact) mass is 421 g/mol. The summed E-state index contributed by atoms with van der Waals surface area (Å²) in [6.45, 7) is 5.89. The average molecular weight is 422 g/mol. The van der Waals surface area contributed by atoms with Gasteiger partial charge in [0, 0.05) is 17.8 Å². The van der Waals surface area contributed by atoms with Crippen LogP contribution in [-0.4, -0.2) is 30.2 Å². The molecule has 2 aliphatic rings. The standard InChI is InChI=1S/C23H27N5O3/c1-12-4-7-15(8-5-12)24-23-27-20-19(22(31)28-23)16(11-18(29)26-20)21(30)25-17-9-6-13(2)10-14(17)3/h4-10,16,19-20,23-24,27H,11H2,1-3H3,(H,25,30)(H,26,29)(H,28,31). The van der Waals surface area contributed by atoms with Crippen LogP contribution in [0.15, 0.2) is 42.5 Å². The van der Waals surface area contributed by atoms with E-state index in [1.165, 1.54) is 0 Å². The Balaban J connectivity index is 1.48. The summed E-state index contributed by atoms with van der Waals surface area (Å²) in [7, 11) is 0. The molecule has 2 saturated heterocycles. The Morgan fingerprint density at radius 2 is 1.68 bits per heavy atom. The minimum atomic E-state index is -0.771. The highest BCUT2D eigenvalue weighted by molar-refractivity contribution is 6.00. The molecule has 0 aliphatic carbocycles. The van der Waals surface area contributed by atoms with Crippen LogP contribution < -0.4 is 26.6 Å². The van der Waals surface area contributed by atoms with E-state index in [1.54, 1.807) is 0 Å². The minimum absolute atomic E-state index is 0.0386. The van der Waals surface area contributed by atoms with Crippen molar-refractivity contribution >= 4 is 29.1 Å². The third-order valence-electron chi connectivity index (χ3n) is 5.79. The summed E-state index contributed by atoms with van der Waals surface area (Å²) in [5.74, 6) is -2.36. The van der Waals surface area contributed by atoms with Crippen LogP contribution >= 0.6 is 0 Å². The molecule has 4 atom stereocenters. The molecule has 2 aliphatic heterocycles. The quantitative estimate of drug-likeness (QED) is 0.516. The lowest BCUT2D eigenvalue weighted by Crippen LogP contribution is -2.72. The molecule has 0 radical (unpaired) electrons. The number of aryl methyl sites for hydroxylation is 3. The zero-order chi connectivity index (χ0) is 22.1. The lowest BCUT2D eigenvalue weighted by Gasteiger charge is -2.43. The van der Waals surface area contributed by atoms with Crippen molar-refractivity contribution in [3.63, 3.8) is 0 Å². The van der Waals surface area contributed by atoms with Crippen molar-refractivity contribution in [2.24, 2.45) is 11.8 Å². The van der Waals surface area contributed by atoms with Crippen molar-refractivity contribution in [1.29, 1.82) is 0 Å². The Kier molecular flexibility index (Phi) is 5.65. The molecule has 4 rings (SSSR count). The van der Waals surface area contributed by atoms with Gasteiger partial charge in [-0.2, -0.15) is 0 Å². The van der Waals surface area contributed by atoms with E-state index >= 15 is 0 Å². The highest BCUT2D eigenvalue weighted by Gasteiger charge is 2.48. The van der Waals surface area contributed by atoms with E-state index in [-0.39, 0.29) is 24.1 Å². The van der Waals surface area contributed by atoms with Crippen molar-refractivity contribution in [3.05, 3.63) is 59.2 Å². The smallest absolute Gasteiger partial charge is 0.229 e. The second-order valence-electron chi connectivity index (χ2n) is 8.31. The SMILES string of the molecule is Cc1ccc(NC2NC(=O)C3C(NC(=O)CC3C(=O)Nc3ccc(C)cc3C)N2)cc1. The second-order valence-corrected chi connectivity index (χ2v) is 8.31. The van der Waals surface area contributed by atoms with E-state index in [2.05, 4.69) is 26.6 Å². The molecule has 5 N–H and O–H groups in total. The van der Waals surface area contributed by atoms with Crippen LogP contribution in [0.25, 0.3) is 0 Å². The molecule has 2 heterocycles. The summed E-state index contributed by atoms with van der Waals surface area (Å²) in [5, 5.41) is 15.0. The molecule has 2 aromatic rings. The predicted octanol–water partition coefficient (Wildman–Crippen LogP) is 1.74. The summed E-state index contributed by atoms with van der Waals surface area (Å²) in [5.41, 5.74) is 4.66. The van der Waals surface area contributed by atoms with E-state index in [0.29, 0.717) is 5.69 Å². The lowest BCUT2D eigenvalue weighted by molar-refractivity contribution is -0.144. The van der Waals surface area contributed by atoms with Crippen molar-refractivity contribution in [3.8, 4) is 0 Å². The van der Waals surface area contributed by atoms with Crippen molar-refractivity contribution in [2.45, 2.75) is 39.6 Å². The molecule has 4 unspecified atom stereocenters. The molecular formula is C23H27N5O3. The van der Waals surface area contributed by atoms with Crippen LogP contribution in [0.5, 0.6) is 0 Å². The highest BCUT2D eigenvalue weighted by Crippen LogP contribution is 2.28. The molecule has 8 nitrogen and oxygen atoms in total. The number of carbonyl (C=O) groups excluding carboxylic acids is 3. The molecule has 2 fully saturated rings. The lowest BCUT2D eigenvalue weighted by atomic mass is 9.81. The van der Waals surface area contributed by atoms with E-state index in [1.807, 2.05) is 63.2 Å². The first kappa shape index (κ1) is 20.9. The summed E-state index contributed by atoms with van der Waals surface area (Å²) in [6, 6.07) is 13.5. The molecule has 0 bridgehead atoms. The maximum atomic E-state index is 13.0. The van der Waals surface area contributed by atoms with Crippen LogP contribution in [0.1, 0.15) is 23.1 Å². The topological polar surface area (TPSA) is 111 Å². The number of amides is 3. The minimum Gasteiger partial charge on any atom is -0.353 e. The number of fused-ring (bicyclic) bond motifs is 1. The van der Waals surface area contributed by atoms with Gasteiger partial charge in [0.2, 0.25) is 17.7 Å². The molecule has 0 aromatic heterocycles. The van der Waals surface area contributed by atoms with Gasteiger partial charge in [-0.25, -0.2) is 0 Å². The van der Waals surface area contributed by atoms with Crippen molar-refractivity contribution in [2.75, 3.05) is 10.6 Å². The summed E-state index contributed by atoms with van der Waals surface area (Å²) in [4.78, 5) is 38.3. The number of hydrogen-bond acceptors (Lipinski definition) is 5. The van der Waals surface area contributed by atoms with Gasteiger partial charge < -0.3 is 21.3 Å². The molecule has 0 saturated carbocycles. The molecule has 3 amide bonds. The van der Waals surface area contributed by atoms with Crippen LogP contribution in [0.3, 0.4) is 0 Å². The van der Waals surface area contributed by atoms with E-state index in [9.17, 15) is 14.4 Å². The third kappa shape index (κ3) is 4.54. The molecule has 31 heavy (non-hydrogen) atoms. The number of rotatable bonds is 4. The average Bonchev–Trinajstić information content (AvgIpc) is 2.71. The Labute approximate surface area is 181 Å². The fourth-order valence-electron chi connectivity index (χ4n) is 4.15. The molecule has 162 valence electrons. The van der Waals surface area contributed by atoms with Crippen LogP contribution in [0.4, 0.5) is 11.4 Å².